The van der Waals surface area contributed by atoms with E-state index in [1.54, 1.807) is 0 Å². The van der Waals surface area contributed by atoms with Crippen LogP contribution in [-0.4, -0.2) is 35.8 Å². The molecule has 2 heterocycles. The van der Waals surface area contributed by atoms with Gasteiger partial charge in [0.05, 0.1) is 0 Å². The molecule has 1 aliphatic heterocycles. The van der Waals surface area contributed by atoms with Crippen molar-refractivity contribution in [2.45, 2.75) is 56.5 Å². The van der Waals surface area contributed by atoms with Crippen LogP contribution < -0.4 is 5.32 Å². The van der Waals surface area contributed by atoms with Gasteiger partial charge in [0, 0.05) is 18.8 Å². The van der Waals surface area contributed by atoms with Crippen LogP contribution in [0.25, 0.3) is 0 Å². The minimum absolute atomic E-state index is 0.0104. The predicted molar refractivity (Wildman–Crippen MR) is 105 cm³/mol. The highest BCUT2D eigenvalue weighted by Crippen LogP contribution is 2.40. The van der Waals surface area contributed by atoms with Gasteiger partial charge in [-0.15, -0.1) is 13.1 Å². The van der Waals surface area contributed by atoms with E-state index in [0.29, 0.717) is 5.95 Å². The number of hydrogen-bond acceptors (Lipinski definition) is 5. The van der Waals surface area contributed by atoms with E-state index in [9.17, 15) is 8.09 Å². The SMILES string of the molecule is O=S(c1nc(Nc2c3c(cc4c2CCC4)CCC3)n(SF)n1)N1CCCC1. The summed E-state index contributed by atoms with van der Waals surface area (Å²) in [6, 6.07) is 2.36. The number of fused-ring (bicyclic) bond motifs is 2. The highest BCUT2D eigenvalue weighted by Gasteiger charge is 2.28. The molecule has 3 aliphatic rings. The Kier molecular flexibility index (Phi) is 4.69. The molecule has 1 fully saturated rings. The third-order valence-electron chi connectivity index (χ3n) is 5.79. The zero-order chi connectivity index (χ0) is 18.4. The number of hydrogen-bond donors (Lipinski definition) is 1. The second kappa shape index (κ2) is 7.18. The van der Waals surface area contributed by atoms with Gasteiger partial charge in [-0.25, -0.2) is 8.51 Å². The summed E-state index contributed by atoms with van der Waals surface area (Å²) < 4.78 is 29.2. The third kappa shape index (κ3) is 3.09. The number of halogens is 1. The van der Waals surface area contributed by atoms with Crippen LogP contribution >= 0.6 is 12.3 Å². The Bertz CT molecular complexity index is 877. The summed E-state index contributed by atoms with van der Waals surface area (Å²) in [5.74, 6) is 0.319. The molecule has 27 heavy (non-hydrogen) atoms. The Morgan fingerprint density at radius 3 is 2.33 bits per heavy atom. The summed E-state index contributed by atoms with van der Waals surface area (Å²) in [6.07, 6.45) is 8.64. The lowest BCUT2D eigenvalue weighted by atomic mass is 9.99. The van der Waals surface area contributed by atoms with Crippen molar-refractivity contribution in [1.29, 1.82) is 0 Å². The average Bonchev–Trinajstić information content (AvgIpc) is 3.46. The van der Waals surface area contributed by atoms with Crippen LogP contribution in [0.1, 0.15) is 47.9 Å². The molecule has 0 amide bonds. The van der Waals surface area contributed by atoms with Crippen molar-refractivity contribution in [2.24, 2.45) is 0 Å². The standard InChI is InChI=1S/C18H22FN5OS2/c19-26-24-17(21-18(22-24)27(25)23-9-1-2-10-23)20-16-14-7-3-5-12(14)11-13-6-4-8-15(13)16/h11H,1-10H2,(H,20,21,22). The van der Waals surface area contributed by atoms with Gasteiger partial charge in [0.1, 0.15) is 0 Å². The zero-order valence-electron chi connectivity index (χ0n) is 15.0. The molecule has 6 nitrogen and oxygen atoms in total. The van der Waals surface area contributed by atoms with Gasteiger partial charge in [-0.2, -0.15) is 4.98 Å². The molecule has 9 heteroatoms. The molecule has 0 bridgehead atoms. The predicted octanol–water partition coefficient (Wildman–Crippen LogP) is 3.50. The fraction of sp³-hybridized carbons (Fsp3) is 0.556. The minimum Gasteiger partial charge on any atom is -0.323 e. The first-order chi connectivity index (χ1) is 13.2. The first-order valence-corrected chi connectivity index (χ1v) is 11.4. The van der Waals surface area contributed by atoms with Gasteiger partial charge in [-0.1, -0.05) is 6.07 Å². The molecule has 1 aromatic carbocycles. The second-order valence-electron chi connectivity index (χ2n) is 7.40. The van der Waals surface area contributed by atoms with E-state index < -0.39 is 11.0 Å². The van der Waals surface area contributed by atoms with Crippen LogP contribution in [0.2, 0.25) is 0 Å². The van der Waals surface area contributed by atoms with E-state index in [1.807, 2.05) is 4.31 Å². The first-order valence-electron chi connectivity index (χ1n) is 9.61. The highest BCUT2D eigenvalue weighted by molar-refractivity contribution is 7.92. The molecule has 2 aromatic rings. The summed E-state index contributed by atoms with van der Waals surface area (Å²) in [5.41, 5.74) is 6.54. The topological polar surface area (TPSA) is 63.1 Å². The normalized spacial score (nSPS) is 20.0. The molecule has 5 rings (SSSR count). The zero-order valence-corrected chi connectivity index (χ0v) is 16.7. The Hall–Kier alpha value is -1.45. The van der Waals surface area contributed by atoms with E-state index in [4.69, 9.17) is 0 Å². The molecule has 0 radical (unpaired) electrons. The lowest BCUT2D eigenvalue weighted by molar-refractivity contribution is 0.530. The third-order valence-corrected chi connectivity index (χ3v) is 7.49. The van der Waals surface area contributed by atoms with Crippen molar-refractivity contribution in [2.75, 3.05) is 18.4 Å². The fourth-order valence-corrected chi connectivity index (χ4v) is 5.98. The summed E-state index contributed by atoms with van der Waals surface area (Å²) in [7, 11) is -1.44. The summed E-state index contributed by atoms with van der Waals surface area (Å²) >= 11 is -0.0104. The Morgan fingerprint density at radius 1 is 1.04 bits per heavy atom. The molecule has 1 saturated heterocycles. The quantitative estimate of drug-likeness (QED) is 0.822. The number of rotatable bonds is 5. The van der Waals surface area contributed by atoms with Crippen molar-refractivity contribution >= 4 is 35.0 Å². The maximum absolute atomic E-state index is 13.5. The number of nitrogens with zero attached hydrogens (tertiary/aromatic N) is 4. The molecule has 0 saturated carbocycles. The van der Waals surface area contributed by atoms with Crippen LogP contribution in [0.3, 0.4) is 0 Å². The van der Waals surface area contributed by atoms with Gasteiger partial charge in [-0.05, 0) is 73.6 Å². The minimum atomic E-state index is -1.44. The summed E-state index contributed by atoms with van der Waals surface area (Å²) in [6.45, 7) is 1.54. The lowest BCUT2D eigenvalue weighted by Crippen LogP contribution is -2.23. The number of benzene rings is 1. The van der Waals surface area contributed by atoms with Crippen molar-refractivity contribution < 1.29 is 8.09 Å². The number of anilines is 2. The van der Waals surface area contributed by atoms with E-state index in [1.165, 1.54) is 22.3 Å². The molecule has 0 spiro atoms. The smallest absolute Gasteiger partial charge is 0.257 e. The Labute approximate surface area is 164 Å². The maximum atomic E-state index is 13.5. The average molecular weight is 408 g/mol. The lowest BCUT2D eigenvalue weighted by Gasteiger charge is -2.16. The van der Waals surface area contributed by atoms with Gasteiger partial charge in [0.25, 0.3) is 5.16 Å². The van der Waals surface area contributed by atoms with Gasteiger partial charge >= 0.3 is 0 Å². The van der Waals surface area contributed by atoms with Gasteiger partial charge < -0.3 is 5.32 Å². The maximum Gasteiger partial charge on any atom is 0.257 e. The number of aryl methyl sites for hydroxylation is 2. The molecule has 2 aliphatic carbocycles. The molecular weight excluding hydrogens is 385 g/mol. The van der Waals surface area contributed by atoms with Crippen molar-refractivity contribution in [3.05, 3.63) is 28.3 Å². The summed E-state index contributed by atoms with van der Waals surface area (Å²) in [4.78, 5) is 4.41. The molecular formula is C18H22FN5OS2. The summed E-state index contributed by atoms with van der Waals surface area (Å²) in [5, 5.41) is 7.69. The van der Waals surface area contributed by atoms with E-state index in [2.05, 4.69) is 21.5 Å². The van der Waals surface area contributed by atoms with Crippen LogP contribution in [0, 0.1) is 0 Å². The van der Waals surface area contributed by atoms with Gasteiger partial charge in [-0.3, -0.25) is 0 Å². The molecule has 1 unspecified atom stereocenters. The van der Waals surface area contributed by atoms with Crippen molar-refractivity contribution in [3.8, 4) is 0 Å². The number of nitrogens with one attached hydrogen (secondary N) is 1. The highest BCUT2D eigenvalue weighted by atomic mass is 32.2. The van der Waals surface area contributed by atoms with Crippen molar-refractivity contribution in [1.82, 2.24) is 18.5 Å². The van der Waals surface area contributed by atoms with E-state index in [-0.39, 0.29) is 17.5 Å². The molecule has 1 N–H and O–H groups in total. The van der Waals surface area contributed by atoms with E-state index >= 15 is 0 Å². The molecule has 1 atom stereocenters. The Morgan fingerprint density at radius 2 is 1.70 bits per heavy atom. The van der Waals surface area contributed by atoms with Gasteiger partial charge in [0.2, 0.25) is 5.95 Å². The van der Waals surface area contributed by atoms with Crippen LogP contribution in [0.5, 0.6) is 0 Å². The van der Waals surface area contributed by atoms with Crippen LogP contribution in [0.4, 0.5) is 15.5 Å². The molecule has 144 valence electrons. The van der Waals surface area contributed by atoms with Gasteiger partial charge in [0.15, 0.2) is 23.3 Å². The largest absolute Gasteiger partial charge is 0.323 e. The molecule has 1 aromatic heterocycles. The second-order valence-corrected chi connectivity index (χ2v) is 9.27. The van der Waals surface area contributed by atoms with E-state index in [0.717, 1.165) is 74.2 Å². The monoisotopic (exact) mass is 407 g/mol. The first kappa shape index (κ1) is 17.6. The number of aromatic nitrogens is 3. The van der Waals surface area contributed by atoms with Crippen LogP contribution in [-0.2, 0) is 36.7 Å². The van der Waals surface area contributed by atoms with Crippen LogP contribution in [0.15, 0.2) is 11.2 Å². The van der Waals surface area contributed by atoms with Crippen molar-refractivity contribution in [3.63, 3.8) is 0 Å². The fourth-order valence-electron chi connectivity index (χ4n) is 4.53. The Balaban J connectivity index is 1.51.